The smallest absolute Gasteiger partial charge is 0.196 e. The molecule has 21 heavy (non-hydrogen) atoms. The predicted octanol–water partition coefficient (Wildman–Crippen LogP) is 4.63. The fourth-order valence-corrected chi connectivity index (χ4v) is 3.07. The maximum Gasteiger partial charge on any atom is 0.196 e. The van der Waals surface area contributed by atoms with Crippen molar-refractivity contribution in [1.82, 2.24) is 0 Å². The Hall–Kier alpha value is -1.23. The second-order valence-electron chi connectivity index (χ2n) is 4.71. The number of anilines is 1. The first-order chi connectivity index (χ1) is 10.1. The third-order valence-electron chi connectivity index (χ3n) is 3.43. The summed E-state index contributed by atoms with van der Waals surface area (Å²) >= 11 is 15.9. The molecule has 6 heteroatoms. The van der Waals surface area contributed by atoms with Gasteiger partial charge in [-0.25, -0.2) is 0 Å². The lowest BCUT2D eigenvalue weighted by Crippen LogP contribution is -2.36. The van der Waals surface area contributed by atoms with Crippen molar-refractivity contribution in [2.45, 2.75) is 6.04 Å². The van der Waals surface area contributed by atoms with E-state index in [0.29, 0.717) is 22.5 Å². The SMILES string of the molecule is NC1=NCC(c2ccc(Br)c(Cl)c2)N1c1ccccc1Cl. The Morgan fingerprint density at radius 1 is 1.14 bits per heavy atom. The summed E-state index contributed by atoms with van der Waals surface area (Å²) in [4.78, 5) is 6.30. The van der Waals surface area contributed by atoms with Crippen LogP contribution >= 0.6 is 39.1 Å². The number of aliphatic imine (C=N–C) groups is 1. The molecule has 1 aliphatic rings. The number of hydrogen-bond donors (Lipinski definition) is 1. The molecule has 0 fully saturated rings. The van der Waals surface area contributed by atoms with E-state index in [1.807, 2.05) is 47.4 Å². The Kier molecular flexibility index (Phi) is 4.11. The van der Waals surface area contributed by atoms with E-state index < -0.39 is 0 Å². The van der Waals surface area contributed by atoms with E-state index in [2.05, 4.69) is 20.9 Å². The van der Waals surface area contributed by atoms with Gasteiger partial charge in [-0.3, -0.25) is 4.99 Å². The maximum atomic E-state index is 6.29. The third-order valence-corrected chi connectivity index (χ3v) is 4.98. The van der Waals surface area contributed by atoms with Crippen molar-refractivity contribution in [1.29, 1.82) is 0 Å². The van der Waals surface area contributed by atoms with Gasteiger partial charge in [0.1, 0.15) is 0 Å². The maximum absolute atomic E-state index is 6.29. The molecule has 1 unspecified atom stereocenters. The number of rotatable bonds is 2. The molecule has 0 bridgehead atoms. The van der Waals surface area contributed by atoms with Gasteiger partial charge >= 0.3 is 0 Å². The lowest BCUT2D eigenvalue weighted by atomic mass is 10.1. The van der Waals surface area contributed by atoms with Crippen LogP contribution in [0.15, 0.2) is 51.9 Å². The molecule has 0 radical (unpaired) electrons. The van der Waals surface area contributed by atoms with Crippen molar-refractivity contribution < 1.29 is 0 Å². The monoisotopic (exact) mass is 383 g/mol. The summed E-state index contributed by atoms with van der Waals surface area (Å²) in [5, 5.41) is 1.31. The highest BCUT2D eigenvalue weighted by atomic mass is 79.9. The number of guanidine groups is 1. The highest BCUT2D eigenvalue weighted by molar-refractivity contribution is 9.10. The summed E-state index contributed by atoms with van der Waals surface area (Å²) in [7, 11) is 0. The second-order valence-corrected chi connectivity index (χ2v) is 6.38. The largest absolute Gasteiger partial charge is 0.369 e. The number of nitrogens with zero attached hydrogens (tertiary/aromatic N) is 2. The Bertz CT molecular complexity index is 718. The Morgan fingerprint density at radius 2 is 1.90 bits per heavy atom. The van der Waals surface area contributed by atoms with Gasteiger partial charge < -0.3 is 10.6 Å². The fraction of sp³-hybridized carbons (Fsp3) is 0.133. The molecular formula is C15H12BrCl2N3. The lowest BCUT2D eigenvalue weighted by Gasteiger charge is -2.27. The molecule has 0 amide bonds. The fourth-order valence-electron chi connectivity index (χ4n) is 2.41. The average Bonchev–Trinajstić information content (AvgIpc) is 2.84. The van der Waals surface area contributed by atoms with Gasteiger partial charge in [0.15, 0.2) is 5.96 Å². The summed E-state index contributed by atoms with van der Waals surface area (Å²) in [6, 6.07) is 13.5. The zero-order chi connectivity index (χ0) is 15.0. The van der Waals surface area contributed by atoms with E-state index in [-0.39, 0.29) is 6.04 Å². The van der Waals surface area contributed by atoms with Crippen LogP contribution in [-0.4, -0.2) is 12.5 Å². The van der Waals surface area contributed by atoms with Crippen LogP contribution in [0.5, 0.6) is 0 Å². The quantitative estimate of drug-likeness (QED) is 0.819. The summed E-state index contributed by atoms with van der Waals surface area (Å²) in [6.07, 6.45) is 0. The number of hydrogen-bond acceptors (Lipinski definition) is 3. The minimum absolute atomic E-state index is 0.00417. The van der Waals surface area contributed by atoms with Crippen molar-refractivity contribution >= 4 is 50.8 Å². The predicted molar refractivity (Wildman–Crippen MR) is 92.3 cm³/mol. The van der Waals surface area contributed by atoms with E-state index in [1.54, 1.807) is 0 Å². The summed E-state index contributed by atoms with van der Waals surface area (Å²) in [5.74, 6) is 0.465. The molecule has 1 atom stereocenters. The zero-order valence-electron chi connectivity index (χ0n) is 10.9. The van der Waals surface area contributed by atoms with E-state index in [9.17, 15) is 0 Å². The number of halogens is 3. The molecule has 0 aromatic heterocycles. The van der Waals surface area contributed by atoms with Crippen LogP contribution in [-0.2, 0) is 0 Å². The van der Waals surface area contributed by atoms with E-state index >= 15 is 0 Å². The molecule has 2 aromatic carbocycles. The Balaban J connectivity index is 2.03. The second kappa shape index (κ2) is 5.87. The summed E-state index contributed by atoms with van der Waals surface area (Å²) in [5.41, 5.74) is 7.95. The highest BCUT2D eigenvalue weighted by Gasteiger charge is 2.30. The number of benzene rings is 2. The first-order valence-corrected chi connectivity index (χ1v) is 7.91. The van der Waals surface area contributed by atoms with Crippen LogP contribution in [0.3, 0.4) is 0 Å². The zero-order valence-corrected chi connectivity index (χ0v) is 14.0. The molecule has 0 spiro atoms. The van der Waals surface area contributed by atoms with Crippen molar-refractivity contribution in [2.24, 2.45) is 10.7 Å². The molecule has 1 heterocycles. The molecule has 2 aromatic rings. The molecule has 3 rings (SSSR count). The summed E-state index contributed by atoms with van der Waals surface area (Å²) in [6.45, 7) is 0.578. The summed E-state index contributed by atoms with van der Waals surface area (Å²) < 4.78 is 0.865. The molecule has 3 nitrogen and oxygen atoms in total. The van der Waals surface area contributed by atoms with Crippen molar-refractivity contribution in [3.05, 3.63) is 62.5 Å². The average molecular weight is 385 g/mol. The minimum atomic E-state index is -0.00417. The van der Waals surface area contributed by atoms with Crippen molar-refractivity contribution in [2.75, 3.05) is 11.4 Å². The molecular weight excluding hydrogens is 373 g/mol. The van der Waals surface area contributed by atoms with Crippen molar-refractivity contribution in [3.8, 4) is 0 Å². The van der Waals surface area contributed by atoms with Crippen LogP contribution in [0.2, 0.25) is 10.0 Å². The van der Waals surface area contributed by atoms with E-state index in [1.165, 1.54) is 0 Å². The van der Waals surface area contributed by atoms with Gasteiger partial charge in [0, 0.05) is 4.47 Å². The molecule has 108 valence electrons. The van der Waals surface area contributed by atoms with Gasteiger partial charge in [0.05, 0.1) is 28.3 Å². The molecule has 0 aliphatic carbocycles. The number of para-hydroxylation sites is 1. The van der Waals surface area contributed by atoms with Crippen LogP contribution in [0.25, 0.3) is 0 Å². The first kappa shape index (κ1) is 14.7. The van der Waals surface area contributed by atoms with Crippen molar-refractivity contribution in [3.63, 3.8) is 0 Å². The molecule has 0 saturated carbocycles. The standard InChI is InChI=1S/C15H12BrCl2N3/c16-10-6-5-9(7-12(10)18)14-8-20-15(19)21(14)13-4-2-1-3-11(13)17/h1-7,14H,8H2,(H2,19,20). The van der Waals surface area contributed by atoms with Gasteiger partial charge in [-0.15, -0.1) is 0 Å². The topological polar surface area (TPSA) is 41.6 Å². The molecule has 1 aliphatic heterocycles. The third kappa shape index (κ3) is 2.76. The van der Waals surface area contributed by atoms with Gasteiger partial charge in [-0.2, -0.15) is 0 Å². The number of nitrogens with two attached hydrogens (primary N) is 1. The van der Waals surface area contributed by atoms with Crippen LogP contribution in [0.1, 0.15) is 11.6 Å². The van der Waals surface area contributed by atoms with Crippen LogP contribution in [0, 0.1) is 0 Å². The minimum Gasteiger partial charge on any atom is -0.369 e. The van der Waals surface area contributed by atoms with Crippen LogP contribution in [0.4, 0.5) is 5.69 Å². The van der Waals surface area contributed by atoms with E-state index in [0.717, 1.165) is 15.7 Å². The Labute approximate surface area is 141 Å². The normalized spacial score (nSPS) is 18.0. The lowest BCUT2D eigenvalue weighted by molar-refractivity contribution is 0.768. The van der Waals surface area contributed by atoms with Gasteiger partial charge in [-0.1, -0.05) is 41.4 Å². The highest BCUT2D eigenvalue weighted by Crippen LogP contribution is 2.36. The van der Waals surface area contributed by atoms with Gasteiger partial charge in [0.25, 0.3) is 0 Å². The molecule has 0 saturated heterocycles. The van der Waals surface area contributed by atoms with Gasteiger partial charge in [-0.05, 0) is 45.8 Å². The first-order valence-electron chi connectivity index (χ1n) is 6.36. The molecule has 2 N–H and O–H groups in total. The Morgan fingerprint density at radius 3 is 2.62 bits per heavy atom. The van der Waals surface area contributed by atoms with E-state index in [4.69, 9.17) is 28.9 Å². The van der Waals surface area contributed by atoms with Crippen LogP contribution < -0.4 is 10.6 Å². The van der Waals surface area contributed by atoms with Gasteiger partial charge in [0.2, 0.25) is 0 Å².